The van der Waals surface area contributed by atoms with E-state index in [1.807, 2.05) is 0 Å². The van der Waals surface area contributed by atoms with E-state index < -0.39 is 49.7 Å². The smallest absolute Gasteiger partial charge is 0.240 e. The Kier molecular flexibility index (Phi) is 5.64. The van der Waals surface area contributed by atoms with Crippen molar-refractivity contribution in [3.8, 4) is 5.69 Å². The second kappa shape index (κ2) is 7.85. The molecule has 1 aromatic heterocycles. The minimum atomic E-state index is -4.27. The van der Waals surface area contributed by atoms with Crippen molar-refractivity contribution >= 4 is 33.2 Å². The van der Waals surface area contributed by atoms with E-state index in [1.54, 1.807) is 0 Å². The maximum absolute atomic E-state index is 13.8. The monoisotopic (exact) mass is 444 g/mol. The standard InChI is InChI=1S/C17H12ClF3N4O3S/c18-17-11(12(20)2-3-13(17)21)6-16(26)24-10-1-4-14(15(5-10)29(22,27)28)25-8-9(19)7-23-25/h1-5,7-8H,6H2,(H,24,26)(H2,22,27,28). The van der Waals surface area contributed by atoms with Crippen LogP contribution in [0.25, 0.3) is 5.69 Å². The summed E-state index contributed by atoms with van der Waals surface area (Å²) >= 11 is 5.69. The van der Waals surface area contributed by atoms with Crippen molar-refractivity contribution in [2.24, 2.45) is 5.14 Å². The molecule has 0 atom stereocenters. The first-order valence-electron chi connectivity index (χ1n) is 7.86. The molecule has 0 saturated carbocycles. The molecule has 0 bridgehead atoms. The molecule has 0 aliphatic heterocycles. The predicted molar refractivity (Wildman–Crippen MR) is 98.6 cm³/mol. The fourth-order valence-electron chi connectivity index (χ4n) is 2.54. The summed E-state index contributed by atoms with van der Waals surface area (Å²) in [6.45, 7) is 0. The lowest BCUT2D eigenvalue weighted by atomic mass is 10.1. The Morgan fingerprint density at radius 3 is 2.48 bits per heavy atom. The van der Waals surface area contributed by atoms with Gasteiger partial charge in [0.1, 0.15) is 16.5 Å². The van der Waals surface area contributed by atoms with E-state index in [2.05, 4.69) is 10.4 Å². The zero-order valence-corrected chi connectivity index (χ0v) is 15.9. The lowest BCUT2D eigenvalue weighted by Gasteiger charge is -2.12. The molecule has 0 unspecified atom stereocenters. The van der Waals surface area contributed by atoms with Gasteiger partial charge < -0.3 is 5.32 Å². The van der Waals surface area contributed by atoms with Crippen molar-refractivity contribution in [1.82, 2.24) is 9.78 Å². The summed E-state index contributed by atoms with van der Waals surface area (Å²) in [5, 5.41) is 10.7. The fraction of sp³-hybridized carbons (Fsp3) is 0.0588. The number of nitrogens with one attached hydrogen (secondary N) is 1. The van der Waals surface area contributed by atoms with Gasteiger partial charge in [-0.05, 0) is 30.3 Å². The Labute approximate surface area is 167 Å². The van der Waals surface area contributed by atoms with Gasteiger partial charge in [0, 0.05) is 11.3 Å². The van der Waals surface area contributed by atoms with E-state index >= 15 is 0 Å². The fourth-order valence-corrected chi connectivity index (χ4v) is 3.50. The first-order valence-corrected chi connectivity index (χ1v) is 9.78. The van der Waals surface area contributed by atoms with E-state index in [0.717, 1.165) is 35.3 Å². The highest BCUT2D eigenvalue weighted by atomic mass is 35.5. The van der Waals surface area contributed by atoms with Crippen molar-refractivity contribution in [2.45, 2.75) is 11.3 Å². The van der Waals surface area contributed by atoms with Crippen LogP contribution in [0.15, 0.2) is 47.6 Å². The van der Waals surface area contributed by atoms with Gasteiger partial charge in [0.05, 0.1) is 29.5 Å². The Balaban J connectivity index is 1.90. The van der Waals surface area contributed by atoms with Crippen LogP contribution in [0.5, 0.6) is 0 Å². The Bertz CT molecular complexity index is 1210. The van der Waals surface area contributed by atoms with E-state index in [-0.39, 0.29) is 16.9 Å². The number of hydrogen-bond donors (Lipinski definition) is 2. The van der Waals surface area contributed by atoms with E-state index in [9.17, 15) is 26.4 Å². The van der Waals surface area contributed by atoms with E-state index in [1.165, 1.54) is 12.1 Å². The van der Waals surface area contributed by atoms with Gasteiger partial charge >= 0.3 is 0 Å². The highest BCUT2D eigenvalue weighted by Crippen LogP contribution is 2.25. The van der Waals surface area contributed by atoms with Gasteiger partial charge in [0.15, 0.2) is 5.82 Å². The van der Waals surface area contributed by atoms with Crippen LogP contribution in [0.2, 0.25) is 5.02 Å². The van der Waals surface area contributed by atoms with Crippen LogP contribution in [0.1, 0.15) is 5.56 Å². The molecule has 7 nitrogen and oxygen atoms in total. The number of nitrogens with zero attached hydrogens (tertiary/aromatic N) is 2. The van der Waals surface area contributed by atoms with Crippen LogP contribution < -0.4 is 10.5 Å². The number of carbonyl (C=O) groups is 1. The predicted octanol–water partition coefficient (Wildman–Crippen LogP) is 2.77. The molecule has 29 heavy (non-hydrogen) atoms. The summed E-state index contributed by atoms with van der Waals surface area (Å²) in [7, 11) is -4.27. The summed E-state index contributed by atoms with van der Waals surface area (Å²) in [6, 6.07) is 5.25. The Morgan fingerprint density at radius 2 is 1.86 bits per heavy atom. The molecule has 0 aliphatic rings. The summed E-state index contributed by atoms with van der Waals surface area (Å²) in [6.07, 6.45) is 1.22. The van der Waals surface area contributed by atoms with Crippen molar-refractivity contribution in [3.63, 3.8) is 0 Å². The van der Waals surface area contributed by atoms with Gasteiger partial charge in [-0.2, -0.15) is 5.10 Å². The zero-order chi connectivity index (χ0) is 21.3. The normalized spacial score (nSPS) is 11.5. The lowest BCUT2D eigenvalue weighted by molar-refractivity contribution is -0.115. The second-order valence-corrected chi connectivity index (χ2v) is 7.79. The molecule has 3 rings (SSSR count). The topological polar surface area (TPSA) is 107 Å². The molecular formula is C17H12ClF3N4O3S. The second-order valence-electron chi connectivity index (χ2n) is 5.88. The van der Waals surface area contributed by atoms with Crippen LogP contribution in [0.3, 0.4) is 0 Å². The lowest BCUT2D eigenvalue weighted by Crippen LogP contribution is -2.18. The number of amides is 1. The number of benzene rings is 2. The first-order chi connectivity index (χ1) is 13.6. The van der Waals surface area contributed by atoms with Gasteiger partial charge in [-0.3, -0.25) is 4.79 Å². The first kappa shape index (κ1) is 20.8. The van der Waals surface area contributed by atoms with E-state index in [4.69, 9.17) is 16.7 Å². The van der Waals surface area contributed by atoms with Crippen LogP contribution >= 0.6 is 11.6 Å². The molecule has 12 heteroatoms. The SMILES string of the molecule is NS(=O)(=O)c1cc(NC(=O)Cc2c(F)ccc(F)c2Cl)ccc1-n1cc(F)cn1. The van der Waals surface area contributed by atoms with E-state index in [0.29, 0.717) is 0 Å². The molecule has 1 amide bonds. The number of anilines is 1. The largest absolute Gasteiger partial charge is 0.326 e. The minimum absolute atomic E-state index is 0.00309. The number of halogens is 4. The van der Waals surface area contributed by atoms with Crippen LogP contribution in [0, 0.1) is 17.5 Å². The van der Waals surface area contributed by atoms with Crippen LogP contribution in [0.4, 0.5) is 18.9 Å². The molecule has 0 radical (unpaired) electrons. The van der Waals surface area contributed by atoms with Gasteiger partial charge in [-0.1, -0.05) is 11.6 Å². The van der Waals surface area contributed by atoms with Crippen molar-refractivity contribution in [1.29, 1.82) is 0 Å². The maximum atomic E-state index is 13.8. The number of sulfonamides is 1. The molecule has 0 aliphatic carbocycles. The Morgan fingerprint density at radius 1 is 1.17 bits per heavy atom. The van der Waals surface area contributed by atoms with Crippen molar-refractivity contribution in [2.75, 3.05) is 5.32 Å². The summed E-state index contributed by atoms with van der Waals surface area (Å²) in [5.41, 5.74) is -0.392. The van der Waals surface area contributed by atoms with Gasteiger partial charge in [-0.25, -0.2) is 31.4 Å². The highest BCUT2D eigenvalue weighted by molar-refractivity contribution is 7.89. The van der Waals surface area contributed by atoms with Crippen LogP contribution in [-0.4, -0.2) is 24.1 Å². The molecule has 3 aromatic rings. The maximum Gasteiger partial charge on any atom is 0.240 e. The summed E-state index contributed by atoms with van der Waals surface area (Å²) in [4.78, 5) is 11.8. The van der Waals surface area contributed by atoms with Crippen LogP contribution in [-0.2, 0) is 21.2 Å². The van der Waals surface area contributed by atoms with Gasteiger partial charge in [0.2, 0.25) is 15.9 Å². The molecule has 2 aromatic carbocycles. The summed E-state index contributed by atoms with van der Waals surface area (Å²) in [5.74, 6) is -3.23. The average molecular weight is 445 g/mol. The third-order valence-corrected chi connectivity index (χ3v) is 5.17. The molecular weight excluding hydrogens is 433 g/mol. The molecule has 0 saturated heterocycles. The minimum Gasteiger partial charge on any atom is -0.326 e. The number of aromatic nitrogens is 2. The number of rotatable bonds is 5. The molecule has 0 fully saturated rings. The average Bonchev–Trinajstić information content (AvgIpc) is 3.07. The molecule has 1 heterocycles. The van der Waals surface area contributed by atoms with Crippen molar-refractivity contribution in [3.05, 3.63) is 70.8 Å². The quantitative estimate of drug-likeness (QED) is 0.590. The molecule has 3 N–H and O–H groups in total. The Hall–Kier alpha value is -2.89. The number of hydrogen-bond acceptors (Lipinski definition) is 4. The zero-order valence-electron chi connectivity index (χ0n) is 14.4. The number of carbonyl (C=O) groups excluding carboxylic acids is 1. The number of primary sulfonamides is 1. The summed E-state index contributed by atoms with van der Waals surface area (Å²) < 4.78 is 65.3. The number of nitrogens with two attached hydrogens (primary N) is 1. The van der Waals surface area contributed by atoms with Gasteiger partial charge in [-0.15, -0.1) is 0 Å². The molecule has 152 valence electrons. The van der Waals surface area contributed by atoms with Gasteiger partial charge in [0.25, 0.3) is 0 Å². The third-order valence-electron chi connectivity index (χ3n) is 3.82. The third kappa shape index (κ3) is 4.58. The highest BCUT2D eigenvalue weighted by Gasteiger charge is 2.19. The molecule has 0 spiro atoms. The van der Waals surface area contributed by atoms with Crippen molar-refractivity contribution < 1.29 is 26.4 Å².